The van der Waals surface area contributed by atoms with Gasteiger partial charge >= 0.3 is 0 Å². The Labute approximate surface area is 149 Å². The molecule has 0 amide bonds. The number of aromatic nitrogens is 2. The SMILES string of the molecule is Clc1ccc(C2CN(c3nc(-c4ccccc4)ns3)CCO2)cc1. The molecule has 1 fully saturated rings. The van der Waals surface area contributed by atoms with Crippen molar-refractivity contribution in [2.75, 3.05) is 24.6 Å². The molecule has 122 valence electrons. The Bertz CT molecular complexity index is 807. The lowest BCUT2D eigenvalue weighted by Gasteiger charge is -2.32. The van der Waals surface area contributed by atoms with Crippen LogP contribution in [0.3, 0.4) is 0 Å². The van der Waals surface area contributed by atoms with E-state index in [1.54, 1.807) is 0 Å². The van der Waals surface area contributed by atoms with E-state index < -0.39 is 0 Å². The highest BCUT2D eigenvalue weighted by Crippen LogP contribution is 2.29. The van der Waals surface area contributed by atoms with Crippen molar-refractivity contribution in [1.29, 1.82) is 0 Å². The molecule has 0 bridgehead atoms. The van der Waals surface area contributed by atoms with Crippen LogP contribution in [0, 0.1) is 0 Å². The highest BCUT2D eigenvalue weighted by atomic mass is 35.5. The molecule has 0 saturated carbocycles. The molecule has 24 heavy (non-hydrogen) atoms. The summed E-state index contributed by atoms with van der Waals surface area (Å²) in [4.78, 5) is 6.95. The fourth-order valence-corrected chi connectivity index (χ4v) is 3.60. The fourth-order valence-electron chi connectivity index (χ4n) is 2.75. The summed E-state index contributed by atoms with van der Waals surface area (Å²) in [5.41, 5.74) is 2.18. The van der Waals surface area contributed by atoms with E-state index in [4.69, 9.17) is 21.3 Å². The number of benzene rings is 2. The number of nitrogens with zero attached hydrogens (tertiary/aromatic N) is 3. The molecular weight excluding hydrogens is 342 g/mol. The van der Waals surface area contributed by atoms with Crippen molar-refractivity contribution in [3.63, 3.8) is 0 Å². The minimum Gasteiger partial charge on any atom is -0.370 e. The smallest absolute Gasteiger partial charge is 0.205 e. The zero-order valence-electron chi connectivity index (χ0n) is 12.9. The first-order valence-corrected chi connectivity index (χ1v) is 8.96. The minimum atomic E-state index is 0.0279. The van der Waals surface area contributed by atoms with Crippen LogP contribution in [-0.2, 0) is 4.74 Å². The van der Waals surface area contributed by atoms with E-state index in [0.29, 0.717) is 6.61 Å². The largest absolute Gasteiger partial charge is 0.370 e. The summed E-state index contributed by atoms with van der Waals surface area (Å²) in [6.45, 7) is 2.27. The predicted molar refractivity (Wildman–Crippen MR) is 97.7 cm³/mol. The van der Waals surface area contributed by atoms with Gasteiger partial charge in [-0.15, -0.1) is 0 Å². The summed E-state index contributed by atoms with van der Waals surface area (Å²) in [6.07, 6.45) is 0.0279. The van der Waals surface area contributed by atoms with E-state index in [-0.39, 0.29) is 6.10 Å². The average molecular weight is 358 g/mol. The zero-order chi connectivity index (χ0) is 16.4. The Kier molecular flexibility index (Phi) is 4.47. The van der Waals surface area contributed by atoms with Gasteiger partial charge in [0.15, 0.2) is 5.82 Å². The molecule has 4 rings (SSSR count). The summed E-state index contributed by atoms with van der Waals surface area (Å²) in [6, 6.07) is 17.9. The average Bonchev–Trinajstić information content (AvgIpc) is 3.13. The van der Waals surface area contributed by atoms with Crippen LogP contribution in [0.15, 0.2) is 54.6 Å². The molecule has 6 heteroatoms. The van der Waals surface area contributed by atoms with Gasteiger partial charge in [0.2, 0.25) is 5.13 Å². The first-order valence-electron chi connectivity index (χ1n) is 7.81. The number of morpholine rings is 1. The maximum absolute atomic E-state index is 5.97. The lowest BCUT2D eigenvalue weighted by molar-refractivity contribution is 0.0398. The number of rotatable bonds is 3. The van der Waals surface area contributed by atoms with Gasteiger partial charge in [-0.1, -0.05) is 54.1 Å². The quantitative estimate of drug-likeness (QED) is 0.694. The van der Waals surface area contributed by atoms with Crippen LogP contribution in [-0.4, -0.2) is 29.1 Å². The van der Waals surface area contributed by atoms with Crippen molar-refractivity contribution < 1.29 is 4.74 Å². The molecule has 0 N–H and O–H groups in total. The second-order valence-electron chi connectivity index (χ2n) is 5.62. The van der Waals surface area contributed by atoms with Gasteiger partial charge in [0.1, 0.15) is 6.10 Å². The highest BCUT2D eigenvalue weighted by molar-refractivity contribution is 7.09. The van der Waals surface area contributed by atoms with Crippen molar-refractivity contribution in [1.82, 2.24) is 9.36 Å². The van der Waals surface area contributed by atoms with Crippen molar-refractivity contribution in [2.45, 2.75) is 6.10 Å². The Morgan fingerprint density at radius 3 is 2.67 bits per heavy atom. The van der Waals surface area contributed by atoms with Crippen LogP contribution in [0.4, 0.5) is 5.13 Å². The molecule has 3 aromatic rings. The molecule has 4 nitrogen and oxygen atoms in total. The van der Waals surface area contributed by atoms with Gasteiger partial charge < -0.3 is 9.64 Å². The molecule has 1 unspecified atom stereocenters. The van der Waals surface area contributed by atoms with Gasteiger partial charge in [-0.2, -0.15) is 9.36 Å². The molecule has 0 aliphatic carbocycles. The first kappa shape index (κ1) is 15.6. The molecule has 1 aliphatic rings. The standard InChI is InChI=1S/C18H16ClN3OS/c19-15-8-6-13(7-9-15)16-12-22(10-11-23-16)18-20-17(21-24-18)14-4-2-1-3-5-14/h1-9,16H,10-12H2. The molecule has 1 atom stereocenters. The summed E-state index contributed by atoms with van der Waals surface area (Å²) in [7, 11) is 0. The van der Waals surface area contributed by atoms with E-state index in [1.165, 1.54) is 11.5 Å². The monoisotopic (exact) mass is 357 g/mol. The minimum absolute atomic E-state index is 0.0279. The molecular formula is C18H16ClN3OS. The summed E-state index contributed by atoms with van der Waals surface area (Å²) < 4.78 is 10.4. The van der Waals surface area contributed by atoms with E-state index in [1.807, 2.05) is 54.6 Å². The maximum atomic E-state index is 5.97. The van der Waals surface area contributed by atoms with Gasteiger partial charge in [-0.25, -0.2) is 0 Å². The molecule has 0 spiro atoms. The van der Waals surface area contributed by atoms with E-state index in [0.717, 1.165) is 40.2 Å². The van der Waals surface area contributed by atoms with Gasteiger partial charge in [0, 0.05) is 28.7 Å². The van der Waals surface area contributed by atoms with Crippen LogP contribution in [0.5, 0.6) is 0 Å². The van der Waals surface area contributed by atoms with Gasteiger partial charge in [0.25, 0.3) is 0 Å². The molecule has 1 aliphatic heterocycles. The number of hydrogen-bond acceptors (Lipinski definition) is 5. The lowest BCUT2D eigenvalue weighted by atomic mass is 10.1. The second-order valence-corrected chi connectivity index (χ2v) is 6.79. The van der Waals surface area contributed by atoms with Crippen molar-refractivity contribution in [3.05, 3.63) is 65.2 Å². The Morgan fingerprint density at radius 2 is 1.88 bits per heavy atom. The highest BCUT2D eigenvalue weighted by Gasteiger charge is 2.24. The third-order valence-corrected chi connectivity index (χ3v) is 5.06. The van der Waals surface area contributed by atoms with Crippen LogP contribution in [0.1, 0.15) is 11.7 Å². The Balaban J connectivity index is 1.52. The van der Waals surface area contributed by atoms with Crippen LogP contribution in [0.2, 0.25) is 5.02 Å². The molecule has 1 saturated heterocycles. The predicted octanol–water partition coefficient (Wildman–Crippen LogP) is 4.44. The van der Waals surface area contributed by atoms with E-state index >= 15 is 0 Å². The Hall–Kier alpha value is -1.95. The molecule has 1 aromatic heterocycles. The maximum Gasteiger partial charge on any atom is 0.205 e. The third kappa shape index (κ3) is 3.29. The number of anilines is 1. The number of ether oxygens (including phenoxy) is 1. The number of hydrogen-bond donors (Lipinski definition) is 0. The van der Waals surface area contributed by atoms with Gasteiger partial charge in [-0.3, -0.25) is 0 Å². The van der Waals surface area contributed by atoms with Crippen molar-refractivity contribution in [2.24, 2.45) is 0 Å². The van der Waals surface area contributed by atoms with E-state index in [2.05, 4.69) is 9.27 Å². The van der Waals surface area contributed by atoms with Gasteiger partial charge in [-0.05, 0) is 17.7 Å². The van der Waals surface area contributed by atoms with Crippen LogP contribution < -0.4 is 4.90 Å². The van der Waals surface area contributed by atoms with Crippen LogP contribution in [0.25, 0.3) is 11.4 Å². The molecule has 0 radical (unpaired) electrons. The summed E-state index contributed by atoms with van der Waals surface area (Å²) in [5.74, 6) is 0.783. The van der Waals surface area contributed by atoms with Gasteiger partial charge in [0.05, 0.1) is 13.2 Å². The van der Waals surface area contributed by atoms with Crippen LogP contribution >= 0.6 is 23.1 Å². The number of halogens is 1. The Morgan fingerprint density at radius 1 is 1.08 bits per heavy atom. The molecule has 2 aromatic carbocycles. The topological polar surface area (TPSA) is 38.2 Å². The molecule has 2 heterocycles. The fraction of sp³-hybridized carbons (Fsp3) is 0.222. The van der Waals surface area contributed by atoms with Crippen molar-refractivity contribution >= 4 is 28.3 Å². The lowest BCUT2D eigenvalue weighted by Crippen LogP contribution is -2.38. The second kappa shape index (κ2) is 6.89. The third-order valence-electron chi connectivity index (χ3n) is 4.03. The normalized spacial score (nSPS) is 17.9. The first-order chi connectivity index (χ1) is 11.8. The summed E-state index contributed by atoms with van der Waals surface area (Å²) in [5, 5.41) is 1.68. The van der Waals surface area contributed by atoms with E-state index in [9.17, 15) is 0 Å². The van der Waals surface area contributed by atoms with Crippen molar-refractivity contribution in [3.8, 4) is 11.4 Å². The summed E-state index contributed by atoms with van der Waals surface area (Å²) >= 11 is 7.41. The zero-order valence-corrected chi connectivity index (χ0v) is 14.5.